The van der Waals surface area contributed by atoms with Gasteiger partial charge in [0.1, 0.15) is 6.23 Å². The van der Waals surface area contributed by atoms with Crippen LogP contribution in [0.15, 0.2) is 12.7 Å². The fourth-order valence-corrected chi connectivity index (χ4v) is 2.74. The number of nitrogens with zero attached hydrogens (tertiary/aromatic N) is 1. The summed E-state index contributed by atoms with van der Waals surface area (Å²) >= 11 is 0. The van der Waals surface area contributed by atoms with Gasteiger partial charge in [0.15, 0.2) is 0 Å². The smallest absolute Gasteiger partial charge is 0.116 e. The quantitative estimate of drug-likeness (QED) is 0.596. The lowest BCUT2D eigenvalue weighted by Crippen LogP contribution is -2.46. The Balaban J connectivity index is 2.24. The number of hydrogen-bond acceptors (Lipinski definition) is 2. The normalized spacial score (nSPS) is 38.6. The van der Waals surface area contributed by atoms with E-state index in [0.29, 0.717) is 0 Å². The highest BCUT2D eigenvalue weighted by Crippen LogP contribution is 2.43. The van der Waals surface area contributed by atoms with Crippen LogP contribution in [0.2, 0.25) is 0 Å². The van der Waals surface area contributed by atoms with Gasteiger partial charge in [-0.25, -0.2) is 0 Å². The van der Waals surface area contributed by atoms with Crippen LogP contribution in [0.25, 0.3) is 0 Å². The summed E-state index contributed by atoms with van der Waals surface area (Å²) in [4.78, 5) is 2.50. The molecule has 14 heavy (non-hydrogen) atoms. The van der Waals surface area contributed by atoms with E-state index in [4.69, 9.17) is 4.74 Å². The molecule has 2 unspecified atom stereocenters. The molecule has 0 radical (unpaired) electrons. The maximum atomic E-state index is 5.93. The standard InChI is InChI=1S/C12H21NO/c1-5-12-7-6-8-13(12)10(14-9-12)11(2,3)4/h5,10H,1,6-9H2,2-4H3. The zero-order valence-electron chi connectivity index (χ0n) is 9.55. The lowest BCUT2D eigenvalue weighted by atomic mass is 9.92. The minimum Gasteiger partial charge on any atom is -0.360 e. The van der Waals surface area contributed by atoms with Crippen LogP contribution in [-0.4, -0.2) is 29.8 Å². The fraction of sp³-hybridized carbons (Fsp3) is 0.833. The molecule has 0 aromatic heterocycles. The van der Waals surface area contributed by atoms with Crippen molar-refractivity contribution in [3.8, 4) is 0 Å². The van der Waals surface area contributed by atoms with Crippen LogP contribution in [0.1, 0.15) is 33.6 Å². The van der Waals surface area contributed by atoms with Crippen molar-refractivity contribution in [1.29, 1.82) is 0 Å². The molecule has 2 rings (SSSR count). The molecule has 2 aliphatic rings. The zero-order chi connectivity index (χ0) is 10.4. The summed E-state index contributed by atoms with van der Waals surface area (Å²) in [6.07, 6.45) is 4.85. The van der Waals surface area contributed by atoms with Crippen molar-refractivity contribution in [3.63, 3.8) is 0 Å². The van der Waals surface area contributed by atoms with Crippen molar-refractivity contribution < 1.29 is 4.74 Å². The molecule has 0 saturated carbocycles. The number of hydrogen-bond donors (Lipinski definition) is 0. The van der Waals surface area contributed by atoms with Gasteiger partial charge in [0.05, 0.1) is 12.1 Å². The summed E-state index contributed by atoms with van der Waals surface area (Å²) in [5.41, 5.74) is 0.354. The molecule has 80 valence electrons. The average molecular weight is 195 g/mol. The minimum absolute atomic E-state index is 0.151. The summed E-state index contributed by atoms with van der Waals surface area (Å²) in [5.74, 6) is 0. The molecule has 2 heteroatoms. The minimum atomic E-state index is 0.151. The van der Waals surface area contributed by atoms with Crippen LogP contribution in [0.4, 0.5) is 0 Å². The topological polar surface area (TPSA) is 12.5 Å². The molecule has 0 aliphatic carbocycles. The fourth-order valence-electron chi connectivity index (χ4n) is 2.74. The predicted molar refractivity (Wildman–Crippen MR) is 58.1 cm³/mol. The summed E-state index contributed by atoms with van der Waals surface area (Å²) in [6.45, 7) is 12.7. The lowest BCUT2D eigenvalue weighted by molar-refractivity contribution is -0.0455. The molecular formula is C12H21NO. The molecule has 2 nitrogen and oxygen atoms in total. The lowest BCUT2D eigenvalue weighted by Gasteiger charge is -2.36. The Hall–Kier alpha value is -0.340. The monoisotopic (exact) mass is 195 g/mol. The maximum absolute atomic E-state index is 5.93. The molecule has 0 aromatic carbocycles. The summed E-state index contributed by atoms with van der Waals surface area (Å²) < 4.78 is 5.93. The Morgan fingerprint density at radius 3 is 2.79 bits per heavy atom. The van der Waals surface area contributed by atoms with E-state index in [0.717, 1.165) is 13.2 Å². The van der Waals surface area contributed by atoms with Crippen LogP contribution in [0.3, 0.4) is 0 Å². The van der Waals surface area contributed by atoms with Crippen LogP contribution in [0, 0.1) is 5.41 Å². The van der Waals surface area contributed by atoms with E-state index < -0.39 is 0 Å². The molecule has 2 saturated heterocycles. The number of fused-ring (bicyclic) bond motifs is 1. The summed E-state index contributed by atoms with van der Waals surface area (Å²) in [7, 11) is 0. The van der Waals surface area contributed by atoms with Crippen molar-refractivity contribution in [1.82, 2.24) is 4.90 Å². The highest BCUT2D eigenvalue weighted by atomic mass is 16.5. The summed E-state index contributed by atoms with van der Waals surface area (Å²) in [6, 6.07) is 0. The van der Waals surface area contributed by atoms with Gasteiger partial charge < -0.3 is 4.74 Å². The van der Waals surface area contributed by atoms with Gasteiger partial charge in [0.25, 0.3) is 0 Å². The molecule has 0 N–H and O–H groups in total. The SMILES string of the molecule is C=CC12CCCN1C(C(C)(C)C)OC2. The third-order valence-corrected chi connectivity index (χ3v) is 3.48. The van der Waals surface area contributed by atoms with Gasteiger partial charge in [-0.2, -0.15) is 0 Å². The molecule has 2 atom stereocenters. The van der Waals surface area contributed by atoms with Crippen LogP contribution in [0.5, 0.6) is 0 Å². The second kappa shape index (κ2) is 3.07. The van der Waals surface area contributed by atoms with Gasteiger partial charge in [-0.15, -0.1) is 6.58 Å². The Morgan fingerprint density at radius 2 is 2.21 bits per heavy atom. The van der Waals surface area contributed by atoms with Crippen LogP contribution >= 0.6 is 0 Å². The third kappa shape index (κ3) is 1.32. The van der Waals surface area contributed by atoms with Crippen LogP contribution in [-0.2, 0) is 4.74 Å². The van der Waals surface area contributed by atoms with Crippen molar-refractivity contribution in [2.45, 2.75) is 45.4 Å². The molecule has 0 aromatic rings. The molecule has 2 heterocycles. The first-order valence-corrected chi connectivity index (χ1v) is 5.52. The second-order valence-electron chi connectivity index (χ2n) is 5.63. The Kier molecular flexibility index (Phi) is 2.24. The van der Waals surface area contributed by atoms with Gasteiger partial charge in [0, 0.05) is 12.0 Å². The van der Waals surface area contributed by atoms with Gasteiger partial charge in [0.2, 0.25) is 0 Å². The van der Waals surface area contributed by atoms with Gasteiger partial charge in [-0.1, -0.05) is 26.8 Å². The largest absolute Gasteiger partial charge is 0.360 e. The van der Waals surface area contributed by atoms with E-state index >= 15 is 0 Å². The Bertz CT molecular complexity index is 243. The van der Waals surface area contributed by atoms with E-state index in [1.807, 2.05) is 0 Å². The highest BCUT2D eigenvalue weighted by Gasteiger charge is 2.51. The molecular weight excluding hydrogens is 174 g/mol. The van der Waals surface area contributed by atoms with Crippen molar-refractivity contribution in [2.75, 3.05) is 13.2 Å². The first-order chi connectivity index (χ1) is 6.49. The van der Waals surface area contributed by atoms with Gasteiger partial charge >= 0.3 is 0 Å². The Labute approximate surface area is 86.9 Å². The van der Waals surface area contributed by atoms with Gasteiger partial charge in [-0.05, 0) is 12.8 Å². The van der Waals surface area contributed by atoms with Crippen molar-refractivity contribution in [2.24, 2.45) is 5.41 Å². The molecule has 0 amide bonds. The van der Waals surface area contributed by atoms with E-state index in [2.05, 4.69) is 38.3 Å². The number of rotatable bonds is 1. The molecule has 2 fully saturated rings. The summed E-state index contributed by atoms with van der Waals surface area (Å²) in [5, 5.41) is 0. The third-order valence-electron chi connectivity index (χ3n) is 3.48. The number of ether oxygens (including phenoxy) is 1. The predicted octanol–water partition coefficient (Wildman–Crippen LogP) is 2.41. The van der Waals surface area contributed by atoms with Crippen LogP contribution < -0.4 is 0 Å². The first-order valence-electron chi connectivity index (χ1n) is 5.52. The van der Waals surface area contributed by atoms with E-state index in [1.54, 1.807) is 0 Å². The van der Waals surface area contributed by atoms with Crippen molar-refractivity contribution in [3.05, 3.63) is 12.7 Å². The molecule has 2 aliphatic heterocycles. The van der Waals surface area contributed by atoms with Crippen molar-refractivity contribution >= 4 is 0 Å². The highest BCUT2D eigenvalue weighted by molar-refractivity contribution is 5.12. The van der Waals surface area contributed by atoms with E-state index in [9.17, 15) is 0 Å². The molecule has 0 bridgehead atoms. The van der Waals surface area contributed by atoms with E-state index in [1.165, 1.54) is 12.8 Å². The average Bonchev–Trinajstić information content (AvgIpc) is 2.57. The zero-order valence-corrected chi connectivity index (χ0v) is 9.55. The van der Waals surface area contributed by atoms with Gasteiger partial charge in [-0.3, -0.25) is 4.90 Å². The molecule has 0 spiro atoms. The first kappa shape index (κ1) is 10.2. The second-order valence-corrected chi connectivity index (χ2v) is 5.63. The maximum Gasteiger partial charge on any atom is 0.116 e. The Morgan fingerprint density at radius 1 is 1.50 bits per heavy atom. The van der Waals surface area contributed by atoms with E-state index in [-0.39, 0.29) is 17.2 Å².